The summed E-state index contributed by atoms with van der Waals surface area (Å²) in [5, 5.41) is 0. The third kappa shape index (κ3) is 3.40. The van der Waals surface area contributed by atoms with Gasteiger partial charge in [0.1, 0.15) is 0 Å². The second-order valence-corrected chi connectivity index (χ2v) is 9.18. The molecule has 2 fully saturated rings. The van der Waals surface area contributed by atoms with Gasteiger partial charge in [-0.05, 0) is 37.5 Å². The Morgan fingerprint density at radius 2 is 0.923 bits per heavy atom. The van der Waals surface area contributed by atoms with Gasteiger partial charge in [-0.1, -0.05) is 53.4 Å². The van der Waals surface area contributed by atoms with Gasteiger partial charge in [0.2, 0.25) is 0 Å². The monoisotopic (exact) mass is 364 g/mol. The fourth-order valence-corrected chi connectivity index (χ4v) is 4.83. The summed E-state index contributed by atoms with van der Waals surface area (Å²) in [5.74, 6) is -0.538. The van der Waals surface area contributed by atoms with Crippen molar-refractivity contribution in [2.45, 2.75) is 91.1 Å². The molecule has 0 aliphatic heterocycles. The van der Waals surface area contributed by atoms with Crippen LogP contribution >= 0.6 is 0 Å². The fourth-order valence-electron chi connectivity index (χ4n) is 4.83. The van der Waals surface area contributed by atoms with E-state index in [2.05, 4.69) is 0 Å². The summed E-state index contributed by atoms with van der Waals surface area (Å²) >= 11 is 0. The Labute approximate surface area is 157 Å². The van der Waals surface area contributed by atoms with Crippen LogP contribution in [-0.2, 0) is 14.4 Å². The number of carbonyl (C=O) groups is 3. The molecule has 148 valence electrons. The fraction of sp³-hybridized carbons (Fsp3) is 0.857. The number of hydrogen-bond acceptors (Lipinski definition) is 5. The number of Topliss-reactive ketones (excluding diaryl/α,β-unsaturated/α-hetero) is 3. The van der Waals surface area contributed by atoms with Crippen molar-refractivity contribution in [1.29, 1.82) is 0 Å². The molecule has 0 spiro atoms. The van der Waals surface area contributed by atoms with Gasteiger partial charge in [0, 0.05) is 0 Å². The van der Waals surface area contributed by atoms with Crippen LogP contribution in [-0.4, -0.2) is 29.4 Å². The number of carbonyl (C=O) groups excluding carboxylic acids is 3. The molecule has 2 atom stereocenters. The van der Waals surface area contributed by atoms with Crippen LogP contribution < -0.4 is 11.5 Å². The van der Waals surface area contributed by atoms with E-state index in [0.717, 1.165) is 25.7 Å². The molecule has 26 heavy (non-hydrogen) atoms. The average molecular weight is 365 g/mol. The average Bonchev–Trinajstić information content (AvgIpc) is 3.28. The van der Waals surface area contributed by atoms with E-state index >= 15 is 0 Å². The van der Waals surface area contributed by atoms with Crippen molar-refractivity contribution >= 4 is 17.3 Å². The molecule has 2 rings (SSSR count). The highest BCUT2D eigenvalue weighted by Gasteiger charge is 2.60. The van der Waals surface area contributed by atoms with Crippen molar-refractivity contribution in [1.82, 2.24) is 0 Å². The van der Waals surface area contributed by atoms with Gasteiger partial charge in [-0.3, -0.25) is 14.4 Å². The minimum atomic E-state index is -1.08. The molecular weight excluding hydrogens is 328 g/mol. The summed E-state index contributed by atoms with van der Waals surface area (Å²) < 4.78 is 0. The molecule has 5 nitrogen and oxygen atoms in total. The first-order valence-corrected chi connectivity index (χ1v) is 10.2. The van der Waals surface area contributed by atoms with Crippen molar-refractivity contribution in [2.75, 3.05) is 0 Å². The van der Waals surface area contributed by atoms with E-state index in [1.165, 1.54) is 0 Å². The van der Waals surface area contributed by atoms with Crippen LogP contribution in [0.25, 0.3) is 0 Å². The normalized spacial score (nSPS) is 24.0. The van der Waals surface area contributed by atoms with E-state index in [0.29, 0.717) is 25.7 Å². The van der Waals surface area contributed by atoms with Gasteiger partial charge in [0.25, 0.3) is 0 Å². The van der Waals surface area contributed by atoms with Gasteiger partial charge in [-0.25, -0.2) is 0 Å². The number of hydrogen-bond donors (Lipinski definition) is 2. The lowest BCUT2D eigenvalue weighted by atomic mass is 9.61. The molecule has 2 aliphatic rings. The molecule has 0 heterocycles. The number of ketones is 3. The third-order valence-electron chi connectivity index (χ3n) is 6.77. The first-order chi connectivity index (χ1) is 12.1. The second kappa shape index (κ2) is 7.89. The summed E-state index contributed by atoms with van der Waals surface area (Å²) in [7, 11) is 0. The van der Waals surface area contributed by atoms with E-state index in [9.17, 15) is 14.4 Å². The topological polar surface area (TPSA) is 103 Å². The smallest absolute Gasteiger partial charge is 0.163 e. The molecule has 2 saturated carbocycles. The van der Waals surface area contributed by atoms with Crippen LogP contribution in [0.15, 0.2) is 0 Å². The zero-order chi connectivity index (χ0) is 19.7. The third-order valence-corrected chi connectivity index (χ3v) is 6.77. The van der Waals surface area contributed by atoms with Crippen molar-refractivity contribution in [3.8, 4) is 0 Å². The summed E-state index contributed by atoms with van der Waals surface area (Å²) in [5.41, 5.74) is 10.2. The molecule has 4 N–H and O–H groups in total. The van der Waals surface area contributed by atoms with E-state index < -0.39 is 22.9 Å². The van der Waals surface area contributed by atoms with Gasteiger partial charge >= 0.3 is 0 Å². The molecule has 5 heteroatoms. The summed E-state index contributed by atoms with van der Waals surface area (Å²) in [6.45, 7) is 7.61. The first-order valence-electron chi connectivity index (χ1n) is 10.2. The Morgan fingerprint density at radius 1 is 0.654 bits per heavy atom. The van der Waals surface area contributed by atoms with Gasteiger partial charge in [0.15, 0.2) is 17.3 Å². The standard InChI is InChI=1S/C21H36N2O3/c1-13(2)15(22)17(24)20(9-5-6-10-20)19(26)21(11-7-8-12-21)18(25)16(23)14(3)4/h13-16H,5-12,22-23H2,1-4H3/t15-,16-/m0/s1. The Hall–Kier alpha value is -1.07. The molecule has 0 amide bonds. The Morgan fingerprint density at radius 3 is 1.15 bits per heavy atom. The van der Waals surface area contributed by atoms with Crippen molar-refractivity contribution in [2.24, 2.45) is 34.1 Å². The molecule has 0 unspecified atom stereocenters. The Kier molecular flexibility index (Phi) is 6.44. The van der Waals surface area contributed by atoms with Crippen LogP contribution in [0.5, 0.6) is 0 Å². The van der Waals surface area contributed by atoms with Gasteiger partial charge in [-0.2, -0.15) is 0 Å². The van der Waals surface area contributed by atoms with E-state index in [1.807, 2.05) is 27.7 Å². The molecule has 0 bridgehead atoms. The molecule has 0 aromatic heterocycles. The predicted octanol–water partition coefficient (Wildman–Crippen LogP) is 2.78. The summed E-state index contributed by atoms with van der Waals surface area (Å²) in [4.78, 5) is 40.4. The quantitative estimate of drug-likeness (QED) is 0.645. The molecule has 0 aromatic carbocycles. The SMILES string of the molecule is CC(C)[C@H](N)C(=O)C1(C(=O)C2(C(=O)[C@@H](N)C(C)C)CCCC2)CCCC1. The summed E-state index contributed by atoms with van der Waals surface area (Å²) in [6.07, 6.45) is 5.44. The largest absolute Gasteiger partial charge is 0.321 e. The molecule has 0 saturated heterocycles. The van der Waals surface area contributed by atoms with Crippen LogP contribution in [0.1, 0.15) is 79.1 Å². The minimum absolute atomic E-state index is 0.0269. The first kappa shape index (κ1) is 21.2. The zero-order valence-electron chi connectivity index (χ0n) is 16.8. The van der Waals surface area contributed by atoms with Crippen LogP contribution in [0.2, 0.25) is 0 Å². The maximum Gasteiger partial charge on any atom is 0.163 e. The maximum atomic E-state index is 13.9. The number of rotatable bonds is 8. The molecule has 0 aromatic rings. The van der Waals surface area contributed by atoms with Crippen molar-refractivity contribution in [3.05, 3.63) is 0 Å². The highest BCUT2D eigenvalue weighted by molar-refractivity contribution is 6.19. The Balaban J connectivity index is 2.45. The van der Waals surface area contributed by atoms with Gasteiger partial charge < -0.3 is 11.5 Å². The van der Waals surface area contributed by atoms with Gasteiger partial charge in [-0.15, -0.1) is 0 Å². The van der Waals surface area contributed by atoms with Gasteiger partial charge in [0.05, 0.1) is 22.9 Å². The minimum Gasteiger partial charge on any atom is -0.321 e. The van der Waals surface area contributed by atoms with E-state index in [1.54, 1.807) is 0 Å². The molecule has 2 aliphatic carbocycles. The van der Waals surface area contributed by atoms with Crippen LogP contribution in [0, 0.1) is 22.7 Å². The lowest BCUT2D eigenvalue weighted by Crippen LogP contribution is -2.57. The highest BCUT2D eigenvalue weighted by Crippen LogP contribution is 2.51. The predicted molar refractivity (Wildman–Crippen MR) is 102 cm³/mol. The van der Waals surface area contributed by atoms with E-state index in [4.69, 9.17) is 11.5 Å². The highest BCUT2D eigenvalue weighted by atomic mass is 16.2. The van der Waals surface area contributed by atoms with Crippen LogP contribution in [0.4, 0.5) is 0 Å². The lowest BCUT2D eigenvalue weighted by Gasteiger charge is -2.39. The van der Waals surface area contributed by atoms with Crippen molar-refractivity contribution < 1.29 is 14.4 Å². The zero-order valence-corrected chi connectivity index (χ0v) is 16.8. The number of nitrogens with two attached hydrogens (primary N) is 2. The second-order valence-electron chi connectivity index (χ2n) is 9.18. The van der Waals surface area contributed by atoms with E-state index in [-0.39, 0.29) is 29.2 Å². The molecule has 0 radical (unpaired) electrons. The van der Waals surface area contributed by atoms with Crippen LogP contribution in [0.3, 0.4) is 0 Å². The lowest BCUT2D eigenvalue weighted by molar-refractivity contribution is -0.153. The molecular formula is C21H36N2O3. The summed E-state index contributed by atoms with van der Waals surface area (Å²) in [6, 6.07) is -1.33. The van der Waals surface area contributed by atoms with Crippen molar-refractivity contribution in [3.63, 3.8) is 0 Å². The Bertz CT molecular complexity index is 508. The maximum absolute atomic E-state index is 13.9.